The van der Waals surface area contributed by atoms with Gasteiger partial charge in [-0.05, 0) is 37.6 Å². The molecule has 0 unspecified atom stereocenters. The molecule has 122 valence electrons. The van der Waals surface area contributed by atoms with Crippen molar-refractivity contribution in [2.24, 2.45) is 0 Å². The predicted octanol–water partition coefficient (Wildman–Crippen LogP) is 3.98. The topological polar surface area (TPSA) is 32.3 Å². The summed E-state index contributed by atoms with van der Waals surface area (Å²) in [6, 6.07) is 14.4. The molecule has 0 saturated carbocycles. The molecular weight excluding hydrogens is 291 g/mol. The summed E-state index contributed by atoms with van der Waals surface area (Å²) in [7, 11) is 0. The minimum Gasteiger partial charge on any atom is -0.325 e. The molecule has 0 saturated heterocycles. The van der Waals surface area contributed by atoms with Crippen molar-refractivity contribution in [2.45, 2.75) is 26.8 Å². The van der Waals surface area contributed by atoms with Gasteiger partial charge in [-0.2, -0.15) is 0 Å². The summed E-state index contributed by atoms with van der Waals surface area (Å²) in [6.45, 7) is 5.43. The van der Waals surface area contributed by atoms with E-state index in [2.05, 4.69) is 5.32 Å². The minimum atomic E-state index is -0.229. The van der Waals surface area contributed by atoms with Crippen molar-refractivity contribution in [3.63, 3.8) is 0 Å². The van der Waals surface area contributed by atoms with Crippen molar-refractivity contribution in [3.8, 4) is 0 Å². The number of para-hydroxylation sites is 1. The van der Waals surface area contributed by atoms with E-state index in [0.717, 1.165) is 24.2 Å². The summed E-state index contributed by atoms with van der Waals surface area (Å²) in [5.74, 6) is -0.308. The van der Waals surface area contributed by atoms with Gasteiger partial charge in [0.25, 0.3) is 0 Å². The van der Waals surface area contributed by atoms with Crippen LogP contribution >= 0.6 is 0 Å². The Morgan fingerprint density at radius 1 is 1.13 bits per heavy atom. The predicted molar refractivity (Wildman–Crippen MR) is 91.8 cm³/mol. The second kappa shape index (κ2) is 8.44. The molecule has 3 nitrogen and oxygen atoms in total. The van der Waals surface area contributed by atoms with Crippen molar-refractivity contribution < 1.29 is 9.18 Å². The lowest BCUT2D eigenvalue weighted by Crippen LogP contribution is -2.33. The molecule has 0 fully saturated rings. The molecular formula is C19H23FN2O. The number of carbonyl (C=O) groups excluding carboxylic acids is 1. The lowest BCUT2D eigenvalue weighted by molar-refractivity contribution is -0.117. The summed E-state index contributed by atoms with van der Waals surface area (Å²) in [5.41, 5.74) is 2.46. The van der Waals surface area contributed by atoms with Crippen molar-refractivity contribution in [1.29, 1.82) is 0 Å². The lowest BCUT2D eigenvalue weighted by Gasteiger charge is -2.21. The number of benzene rings is 2. The third-order valence-corrected chi connectivity index (χ3v) is 3.68. The van der Waals surface area contributed by atoms with Gasteiger partial charge in [-0.1, -0.05) is 43.3 Å². The normalized spacial score (nSPS) is 10.8. The summed E-state index contributed by atoms with van der Waals surface area (Å²) in [6.07, 6.45) is 0.909. The Labute approximate surface area is 137 Å². The van der Waals surface area contributed by atoms with Crippen LogP contribution in [0.3, 0.4) is 0 Å². The van der Waals surface area contributed by atoms with Crippen LogP contribution in [0, 0.1) is 12.7 Å². The summed E-state index contributed by atoms with van der Waals surface area (Å²) >= 11 is 0. The second-order valence-electron chi connectivity index (χ2n) is 5.67. The summed E-state index contributed by atoms with van der Waals surface area (Å²) in [5, 5.41) is 2.93. The molecule has 1 amide bonds. The number of carbonyl (C=O) groups is 1. The lowest BCUT2D eigenvalue weighted by atomic mass is 10.2. The number of hydrogen-bond donors (Lipinski definition) is 1. The zero-order valence-corrected chi connectivity index (χ0v) is 13.7. The summed E-state index contributed by atoms with van der Waals surface area (Å²) < 4.78 is 13.8. The highest BCUT2D eigenvalue weighted by atomic mass is 19.1. The first-order valence-electron chi connectivity index (χ1n) is 7.91. The van der Waals surface area contributed by atoms with Gasteiger partial charge in [-0.25, -0.2) is 4.39 Å². The SMILES string of the molecule is CCCN(CC(=O)Nc1ccccc1C)Cc1ccccc1F. The molecule has 0 heterocycles. The van der Waals surface area contributed by atoms with E-state index in [1.165, 1.54) is 6.07 Å². The smallest absolute Gasteiger partial charge is 0.238 e. The fraction of sp³-hybridized carbons (Fsp3) is 0.316. The number of hydrogen-bond acceptors (Lipinski definition) is 2. The van der Waals surface area contributed by atoms with Crippen LogP contribution < -0.4 is 5.32 Å². The molecule has 0 spiro atoms. The van der Waals surface area contributed by atoms with E-state index in [0.29, 0.717) is 12.1 Å². The Morgan fingerprint density at radius 3 is 2.52 bits per heavy atom. The number of halogens is 1. The molecule has 4 heteroatoms. The third-order valence-electron chi connectivity index (χ3n) is 3.68. The van der Waals surface area contributed by atoms with Crippen LogP contribution in [0.1, 0.15) is 24.5 Å². The monoisotopic (exact) mass is 314 g/mol. The fourth-order valence-electron chi connectivity index (χ4n) is 2.50. The molecule has 0 aliphatic rings. The Bertz CT molecular complexity index is 657. The first kappa shape index (κ1) is 17.2. The maximum Gasteiger partial charge on any atom is 0.238 e. The minimum absolute atomic E-state index is 0.0795. The molecule has 2 aromatic carbocycles. The van der Waals surface area contributed by atoms with Gasteiger partial charge in [0.1, 0.15) is 5.82 Å². The van der Waals surface area contributed by atoms with Crippen LogP contribution in [0.2, 0.25) is 0 Å². The second-order valence-corrected chi connectivity index (χ2v) is 5.67. The van der Waals surface area contributed by atoms with Crippen LogP contribution in [0.4, 0.5) is 10.1 Å². The number of anilines is 1. The number of amides is 1. The molecule has 23 heavy (non-hydrogen) atoms. The van der Waals surface area contributed by atoms with Crippen molar-refractivity contribution in [3.05, 3.63) is 65.5 Å². The van der Waals surface area contributed by atoms with Crippen LogP contribution in [0.25, 0.3) is 0 Å². The fourth-order valence-corrected chi connectivity index (χ4v) is 2.50. The van der Waals surface area contributed by atoms with Gasteiger partial charge in [-0.3, -0.25) is 9.69 Å². The average molecular weight is 314 g/mol. The van der Waals surface area contributed by atoms with E-state index in [4.69, 9.17) is 0 Å². The van der Waals surface area contributed by atoms with Crippen LogP contribution in [0.5, 0.6) is 0 Å². The Morgan fingerprint density at radius 2 is 1.83 bits per heavy atom. The van der Waals surface area contributed by atoms with Gasteiger partial charge in [0.05, 0.1) is 6.54 Å². The molecule has 2 aromatic rings. The molecule has 0 aliphatic heterocycles. The quantitative estimate of drug-likeness (QED) is 0.838. The van der Waals surface area contributed by atoms with E-state index in [-0.39, 0.29) is 18.3 Å². The highest BCUT2D eigenvalue weighted by Crippen LogP contribution is 2.14. The van der Waals surface area contributed by atoms with Gasteiger partial charge in [0.15, 0.2) is 0 Å². The number of nitrogens with one attached hydrogen (secondary N) is 1. The number of rotatable bonds is 7. The van der Waals surface area contributed by atoms with Crippen LogP contribution in [-0.4, -0.2) is 23.9 Å². The van der Waals surface area contributed by atoms with E-state index < -0.39 is 0 Å². The van der Waals surface area contributed by atoms with E-state index in [1.54, 1.807) is 12.1 Å². The van der Waals surface area contributed by atoms with Crippen LogP contribution in [0.15, 0.2) is 48.5 Å². The third kappa shape index (κ3) is 5.18. The summed E-state index contributed by atoms with van der Waals surface area (Å²) in [4.78, 5) is 14.2. The van der Waals surface area contributed by atoms with Crippen molar-refractivity contribution in [1.82, 2.24) is 4.90 Å². The Hall–Kier alpha value is -2.20. The Balaban J connectivity index is 2.00. The maximum absolute atomic E-state index is 13.8. The van der Waals surface area contributed by atoms with Gasteiger partial charge >= 0.3 is 0 Å². The van der Waals surface area contributed by atoms with Gasteiger partial charge < -0.3 is 5.32 Å². The standard InChI is InChI=1S/C19H23FN2O/c1-3-12-22(13-16-9-5-6-10-17(16)20)14-19(23)21-18-11-7-4-8-15(18)2/h4-11H,3,12-14H2,1-2H3,(H,21,23). The average Bonchev–Trinajstić information content (AvgIpc) is 2.52. The molecule has 0 radical (unpaired) electrons. The first-order chi connectivity index (χ1) is 11.1. The van der Waals surface area contributed by atoms with Gasteiger partial charge in [0.2, 0.25) is 5.91 Å². The highest BCUT2D eigenvalue weighted by Gasteiger charge is 2.13. The first-order valence-corrected chi connectivity index (χ1v) is 7.91. The zero-order chi connectivity index (χ0) is 16.7. The van der Waals surface area contributed by atoms with E-state index in [9.17, 15) is 9.18 Å². The van der Waals surface area contributed by atoms with Crippen molar-refractivity contribution >= 4 is 11.6 Å². The largest absolute Gasteiger partial charge is 0.325 e. The van der Waals surface area contributed by atoms with Gasteiger partial charge in [0, 0.05) is 17.8 Å². The maximum atomic E-state index is 13.8. The number of aryl methyl sites for hydroxylation is 1. The Kier molecular flexibility index (Phi) is 6.29. The molecule has 0 bridgehead atoms. The highest BCUT2D eigenvalue weighted by molar-refractivity contribution is 5.92. The van der Waals surface area contributed by atoms with E-state index in [1.807, 2.05) is 49.1 Å². The van der Waals surface area contributed by atoms with Crippen molar-refractivity contribution in [2.75, 3.05) is 18.4 Å². The van der Waals surface area contributed by atoms with Crippen LogP contribution in [-0.2, 0) is 11.3 Å². The molecule has 1 N–H and O–H groups in total. The molecule has 0 aliphatic carbocycles. The molecule has 0 aromatic heterocycles. The zero-order valence-electron chi connectivity index (χ0n) is 13.7. The molecule has 0 atom stereocenters. The molecule has 2 rings (SSSR count). The van der Waals surface area contributed by atoms with E-state index >= 15 is 0 Å². The number of nitrogens with zero attached hydrogens (tertiary/aromatic N) is 1. The van der Waals surface area contributed by atoms with Gasteiger partial charge in [-0.15, -0.1) is 0 Å².